The molecule has 1 N–H and O–H groups in total. The first-order chi connectivity index (χ1) is 9.21. The monoisotopic (exact) mass is 292 g/mol. The van der Waals surface area contributed by atoms with Gasteiger partial charge in [0.25, 0.3) is 10.1 Å². The van der Waals surface area contributed by atoms with Gasteiger partial charge in [0.2, 0.25) is 0 Å². The quantitative estimate of drug-likeness (QED) is 0.856. The molecule has 0 spiro atoms. The van der Waals surface area contributed by atoms with E-state index in [1.54, 1.807) is 12.1 Å². The third-order valence-electron chi connectivity index (χ3n) is 3.58. The highest BCUT2D eigenvalue weighted by Crippen LogP contribution is 2.33. The van der Waals surface area contributed by atoms with Gasteiger partial charge in [-0.3, -0.25) is 4.55 Å². The summed E-state index contributed by atoms with van der Waals surface area (Å²) in [5.74, 6) is 0.469. The first-order valence-electron chi connectivity index (χ1n) is 6.76. The Morgan fingerprint density at radius 1 is 0.900 bits per heavy atom. The minimum atomic E-state index is -4.19. The van der Waals surface area contributed by atoms with Crippen LogP contribution in [-0.2, 0) is 10.1 Å². The Bertz CT molecular complexity index is 744. The summed E-state index contributed by atoms with van der Waals surface area (Å²) in [6.45, 7) is 8.18. The molecular formula is C16H20O3S. The van der Waals surface area contributed by atoms with Gasteiger partial charge in [-0.25, -0.2) is 0 Å². The summed E-state index contributed by atoms with van der Waals surface area (Å²) in [5, 5.41) is 1.96. The summed E-state index contributed by atoms with van der Waals surface area (Å²) in [6, 6.07) is 9.16. The minimum Gasteiger partial charge on any atom is -0.282 e. The van der Waals surface area contributed by atoms with Gasteiger partial charge in [0.15, 0.2) is 0 Å². The molecule has 0 unspecified atom stereocenters. The minimum absolute atomic E-state index is 0.0261. The van der Waals surface area contributed by atoms with E-state index in [-0.39, 0.29) is 16.7 Å². The van der Waals surface area contributed by atoms with Gasteiger partial charge < -0.3 is 0 Å². The maximum Gasteiger partial charge on any atom is 0.294 e. The van der Waals surface area contributed by atoms with Crippen LogP contribution in [0, 0.1) is 0 Å². The summed E-state index contributed by atoms with van der Waals surface area (Å²) in [7, 11) is -4.19. The topological polar surface area (TPSA) is 54.4 Å². The summed E-state index contributed by atoms with van der Waals surface area (Å²) in [4.78, 5) is -0.0261. The molecule has 0 aliphatic rings. The number of hydrogen-bond donors (Lipinski definition) is 1. The van der Waals surface area contributed by atoms with Crippen LogP contribution in [0.15, 0.2) is 35.2 Å². The van der Waals surface area contributed by atoms with Crippen LogP contribution < -0.4 is 0 Å². The van der Waals surface area contributed by atoms with Crippen molar-refractivity contribution in [3.05, 3.63) is 41.5 Å². The second-order valence-electron chi connectivity index (χ2n) is 5.74. The molecule has 0 saturated carbocycles. The predicted octanol–water partition coefficient (Wildman–Crippen LogP) is 4.33. The molecule has 4 heteroatoms. The number of hydrogen-bond acceptors (Lipinski definition) is 2. The van der Waals surface area contributed by atoms with Gasteiger partial charge in [-0.15, -0.1) is 0 Å². The van der Waals surface area contributed by atoms with E-state index in [0.717, 1.165) is 21.9 Å². The highest BCUT2D eigenvalue weighted by atomic mass is 32.2. The van der Waals surface area contributed by atoms with Gasteiger partial charge in [0.1, 0.15) is 0 Å². The largest absolute Gasteiger partial charge is 0.294 e. The van der Waals surface area contributed by atoms with E-state index in [1.165, 1.54) is 0 Å². The molecule has 0 saturated heterocycles. The Labute approximate surface area is 120 Å². The maximum absolute atomic E-state index is 11.5. The predicted molar refractivity (Wildman–Crippen MR) is 81.9 cm³/mol. The van der Waals surface area contributed by atoms with Gasteiger partial charge in [-0.05, 0) is 45.9 Å². The molecule has 3 nitrogen and oxygen atoms in total. The Balaban J connectivity index is 2.94. The molecule has 2 rings (SSSR count). The van der Waals surface area contributed by atoms with Crippen LogP contribution >= 0.6 is 0 Å². The van der Waals surface area contributed by atoms with E-state index in [1.807, 2.05) is 32.0 Å². The average Bonchev–Trinajstić information content (AvgIpc) is 2.35. The van der Waals surface area contributed by atoms with Crippen molar-refractivity contribution in [3.8, 4) is 0 Å². The van der Waals surface area contributed by atoms with E-state index in [2.05, 4.69) is 13.8 Å². The van der Waals surface area contributed by atoms with Crippen molar-refractivity contribution in [2.45, 2.75) is 44.4 Å². The normalized spacial score (nSPS) is 12.6. The smallest absolute Gasteiger partial charge is 0.282 e. The zero-order valence-electron chi connectivity index (χ0n) is 12.2. The van der Waals surface area contributed by atoms with Crippen LogP contribution in [0.1, 0.15) is 50.7 Å². The molecule has 0 heterocycles. The maximum atomic E-state index is 11.5. The fourth-order valence-electron chi connectivity index (χ4n) is 2.54. The zero-order chi connectivity index (χ0) is 15.1. The molecule has 0 radical (unpaired) electrons. The van der Waals surface area contributed by atoms with Crippen molar-refractivity contribution in [1.82, 2.24) is 0 Å². The Kier molecular flexibility index (Phi) is 3.89. The van der Waals surface area contributed by atoms with Crippen molar-refractivity contribution in [1.29, 1.82) is 0 Å². The lowest BCUT2D eigenvalue weighted by Crippen LogP contribution is -2.02. The van der Waals surface area contributed by atoms with E-state index < -0.39 is 10.1 Å². The first-order valence-corrected chi connectivity index (χ1v) is 8.20. The second kappa shape index (κ2) is 5.19. The lowest BCUT2D eigenvalue weighted by molar-refractivity contribution is 0.483. The van der Waals surface area contributed by atoms with Gasteiger partial charge in [-0.2, -0.15) is 8.42 Å². The summed E-state index contributed by atoms with van der Waals surface area (Å²) < 4.78 is 32.3. The number of fused-ring (bicyclic) bond motifs is 1. The molecular weight excluding hydrogens is 272 g/mol. The van der Waals surface area contributed by atoms with Crippen molar-refractivity contribution >= 4 is 20.9 Å². The fraction of sp³-hybridized carbons (Fsp3) is 0.375. The second-order valence-corrected chi connectivity index (χ2v) is 7.16. The van der Waals surface area contributed by atoms with E-state index >= 15 is 0 Å². The summed E-state index contributed by atoms with van der Waals surface area (Å²) in [6.07, 6.45) is 0. The molecule has 0 bridgehead atoms. The molecule has 0 amide bonds. The van der Waals surface area contributed by atoms with Gasteiger partial charge in [0, 0.05) is 0 Å². The molecule has 20 heavy (non-hydrogen) atoms. The van der Waals surface area contributed by atoms with E-state index in [9.17, 15) is 13.0 Å². The van der Waals surface area contributed by atoms with Crippen LogP contribution in [0.2, 0.25) is 0 Å². The lowest BCUT2D eigenvalue weighted by Gasteiger charge is -2.16. The SMILES string of the molecule is CC(C)c1cc(S(=O)(=O)O)cc2c(C(C)C)cccc12. The third kappa shape index (κ3) is 2.72. The van der Waals surface area contributed by atoms with Crippen LogP contribution in [0.25, 0.3) is 10.8 Å². The molecule has 0 aromatic heterocycles. The van der Waals surface area contributed by atoms with Crippen LogP contribution in [0.3, 0.4) is 0 Å². The van der Waals surface area contributed by atoms with Crippen molar-refractivity contribution < 1.29 is 13.0 Å². The van der Waals surface area contributed by atoms with E-state index in [0.29, 0.717) is 0 Å². The van der Waals surface area contributed by atoms with Crippen molar-refractivity contribution in [3.63, 3.8) is 0 Å². The Hall–Kier alpha value is -1.39. The zero-order valence-corrected chi connectivity index (χ0v) is 13.0. The summed E-state index contributed by atoms with van der Waals surface area (Å²) in [5.41, 5.74) is 2.03. The molecule has 0 aliphatic carbocycles. The fourth-order valence-corrected chi connectivity index (χ4v) is 3.08. The molecule has 108 valence electrons. The lowest BCUT2D eigenvalue weighted by atomic mass is 9.90. The third-order valence-corrected chi connectivity index (χ3v) is 4.41. The first kappa shape index (κ1) is 15.0. The molecule has 2 aromatic rings. The van der Waals surface area contributed by atoms with Gasteiger partial charge in [0.05, 0.1) is 4.90 Å². The van der Waals surface area contributed by atoms with Crippen LogP contribution in [0.5, 0.6) is 0 Å². The highest BCUT2D eigenvalue weighted by Gasteiger charge is 2.17. The van der Waals surface area contributed by atoms with Crippen molar-refractivity contribution in [2.75, 3.05) is 0 Å². The molecule has 0 atom stereocenters. The average molecular weight is 292 g/mol. The molecule has 0 aliphatic heterocycles. The van der Waals surface area contributed by atoms with Crippen LogP contribution in [-0.4, -0.2) is 13.0 Å². The summed E-state index contributed by atoms with van der Waals surface area (Å²) >= 11 is 0. The van der Waals surface area contributed by atoms with E-state index in [4.69, 9.17) is 0 Å². The number of rotatable bonds is 3. The standard InChI is InChI=1S/C16H20O3S/c1-10(2)13-6-5-7-14-15(11(3)4)8-12(9-16(13)14)20(17,18)19/h5-11H,1-4H3,(H,17,18,19). The number of benzene rings is 2. The van der Waals surface area contributed by atoms with Crippen molar-refractivity contribution in [2.24, 2.45) is 0 Å². The van der Waals surface area contributed by atoms with Gasteiger partial charge in [-0.1, -0.05) is 45.9 Å². The molecule has 0 fully saturated rings. The Morgan fingerprint density at radius 2 is 1.50 bits per heavy atom. The Morgan fingerprint density at radius 3 is 2.00 bits per heavy atom. The highest BCUT2D eigenvalue weighted by molar-refractivity contribution is 7.85. The van der Waals surface area contributed by atoms with Gasteiger partial charge >= 0.3 is 0 Å². The van der Waals surface area contributed by atoms with Crippen LogP contribution in [0.4, 0.5) is 0 Å². The molecule has 2 aromatic carbocycles.